The van der Waals surface area contributed by atoms with E-state index < -0.39 is 23.4 Å². The topological polar surface area (TPSA) is 105 Å². The van der Waals surface area contributed by atoms with Crippen molar-refractivity contribution in [2.45, 2.75) is 26.3 Å². The number of carbonyl (C=O) groups excluding carboxylic acids is 3. The summed E-state index contributed by atoms with van der Waals surface area (Å²) in [4.78, 5) is 36.6. The molecule has 8 heteroatoms. The minimum Gasteiger partial charge on any atom is -0.399 e. The molecule has 7 nitrogen and oxygen atoms in total. The standard InChI is InChI=1S/C14H18N4O3.ClH/c1-8-4-5-9(15)6-10(8)16-11(19)7-18-12(20)14(2,3)17-13(18)21;/h4-6H,7,15H2,1-3H3,(H,16,19)(H,17,21);1H. The third-order valence-electron chi connectivity index (χ3n) is 3.28. The van der Waals surface area contributed by atoms with E-state index in [0.29, 0.717) is 11.4 Å². The number of imide groups is 1. The zero-order valence-electron chi connectivity index (χ0n) is 12.6. The molecule has 1 fully saturated rings. The number of aryl methyl sites for hydroxylation is 1. The molecule has 1 aliphatic rings. The van der Waals surface area contributed by atoms with Gasteiger partial charge in [0.05, 0.1) is 0 Å². The molecule has 0 atom stereocenters. The molecule has 0 aromatic heterocycles. The number of nitrogens with two attached hydrogens (primary N) is 1. The molecule has 0 radical (unpaired) electrons. The number of hydrogen-bond donors (Lipinski definition) is 3. The van der Waals surface area contributed by atoms with Crippen molar-refractivity contribution in [1.29, 1.82) is 0 Å². The number of hydrogen-bond acceptors (Lipinski definition) is 4. The van der Waals surface area contributed by atoms with Crippen LogP contribution in [0.1, 0.15) is 19.4 Å². The monoisotopic (exact) mass is 326 g/mol. The molecular formula is C14H19ClN4O3. The molecule has 0 aliphatic carbocycles. The Bertz CT molecular complexity index is 631. The van der Waals surface area contributed by atoms with Gasteiger partial charge < -0.3 is 16.4 Å². The summed E-state index contributed by atoms with van der Waals surface area (Å²) >= 11 is 0. The highest BCUT2D eigenvalue weighted by Crippen LogP contribution is 2.19. The fourth-order valence-corrected chi connectivity index (χ4v) is 2.07. The van der Waals surface area contributed by atoms with Gasteiger partial charge >= 0.3 is 6.03 Å². The van der Waals surface area contributed by atoms with E-state index in [0.717, 1.165) is 10.5 Å². The average Bonchev–Trinajstić information content (AvgIpc) is 2.56. The molecule has 1 heterocycles. The second-order valence-corrected chi connectivity index (χ2v) is 5.57. The first kappa shape index (κ1) is 17.8. The van der Waals surface area contributed by atoms with Gasteiger partial charge in [-0.05, 0) is 38.5 Å². The quantitative estimate of drug-likeness (QED) is 0.574. The normalized spacial score (nSPS) is 16.0. The summed E-state index contributed by atoms with van der Waals surface area (Å²) in [5, 5.41) is 5.17. The van der Waals surface area contributed by atoms with Gasteiger partial charge in [0.25, 0.3) is 5.91 Å². The number of halogens is 1. The van der Waals surface area contributed by atoms with Crippen molar-refractivity contribution in [1.82, 2.24) is 10.2 Å². The van der Waals surface area contributed by atoms with E-state index >= 15 is 0 Å². The SMILES string of the molecule is Cc1ccc(N)cc1NC(=O)CN1C(=O)NC(C)(C)C1=O.Cl. The maximum Gasteiger partial charge on any atom is 0.325 e. The molecule has 0 unspecified atom stereocenters. The molecule has 4 N–H and O–H groups in total. The number of amides is 4. The van der Waals surface area contributed by atoms with Crippen LogP contribution in [0, 0.1) is 6.92 Å². The van der Waals surface area contributed by atoms with Gasteiger partial charge in [-0.25, -0.2) is 4.79 Å². The van der Waals surface area contributed by atoms with Crippen LogP contribution in [-0.4, -0.2) is 34.8 Å². The molecule has 2 rings (SSSR count). The first-order valence-corrected chi connectivity index (χ1v) is 6.51. The Morgan fingerprint density at radius 3 is 2.55 bits per heavy atom. The van der Waals surface area contributed by atoms with E-state index in [1.807, 2.05) is 6.92 Å². The van der Waals surface area contributed by atoms with Crippen LogP contribution in [0.3, 0.4) is 0 Å². The summed E-state index contributed by atoms with van der Waals surface area (Å²) in [6.07, 6.45) is 0. The van der Waals surface area contributed by atoms with Crippen LogP contribution in [0.2, 0.25) is 0 Å². The molecule has 0 bridgehead atoms. The lowest BCUT2D eigenvalue weighted by Crippen LogP contribution is -2.41. The van der Waals surface area contributed by atoms with Gasteiger partial charge in [0, 0.05) is 11.4 Å². The lowest BCUT2D eigenvalue weighted by Gasteiger charge is -2.16. The Balaban J connectivity index is 0.00000242. The van der Waals surface area contributed by atoms with Crippen LogP contribution < -0.4 is 16.4 Å². The minimum atomic E-state index is -0.982. The van der Waals surface area contributed by atoms with E-state index in [-0.39, 0.29) is 19.0 Å². The zero-order chi connectivity index (χ0) is 15.8. The Hall–Kier alpha value is -2.28. The van der Waals surface area contributed by atoms with Gasteiger partial charge in [0.1, 0.15) is 12.1 Å². The van der Waals surface area contributed by atoms with E-state index in [1.54, 1.807) is 32.0 Å². The molecule has 1 aromatic rings. The number of nitrogens with zero attached hydrogens (tertiary/aromatic N) is 1. The molecular weight excluding hydrogens is 308 g/mol. The fourth-order valence-electron chi connectivity index (χ4n) is 2.07. The summed E-state index contributed by atoms with van der Waals surface area (Å²) in [7, 11) is 0. The Labute approximate surface area is 134 Å². The Morgan fingerprint density at radius 1 is 1.36 bits per heavy atom. The predicted molar refractivity (Wildman–Crippen MR) is 85.8 cm³/mol. The molecule has 0 spiro atoms. The van der Waals surface area contributed by atoms with Crippen molar-refractivity contribution in [3.05, 3.63) is 23.8 Å². The molecule has 120 valence electrons. The summed E-state index contributed by atoms with van der Waals surface area (Å²) in [5.41, 5.74) is 6.61. The highest BCUT2D eigenvalue weighted by atomic mass is 35.5. The lowest BCUT2D eigenvalue weighted by molar-refractivity contribution is -0.132. The van der Waals surface area contributed by atoms with E-state index in [1.165, 1.54) is 0 Å². The number of carbonyl (C=O) groups is 3. The van der Waals surface area contributed by atoms with Gasteiger partial charge in [0.2, 0.25) is 5.91 Å². The summed E-state index contributed by atoms with van der Waals surface area (Å²) in [5.74, 6) is -0.878. The Kier molecular flexibility index (Phi) is 5.03. The maximum absolute atomic E-state index is 12.0. The summed E-state index contributed by atoms with van der Waals surface area (Å²) in [6.45, 7) is 4.68. The number of benzene rings is 1. The molecule has 1 aliphatic heterocycles. The first-order valence-electron chi connectivity index (χ1n) is 6.51. The van der Waals surface area contributed by atoms with Crippen LogP contribution in [0.15, 0.2) is 18.2 Å². The van der Waals surface area contributed by atoms with Crippen LogP contribution in [0.4, 0.5) is 16.2 Å². The van der Waals surface area contributed by atoms with Crippen molar-refractivity contribution in [2.75, 3.05) is 17.6 Å². The third-order valence-corrected chi connectivity index (χ3v) is 3.28. The second-order valence-electron chi connectivity index (χ2n) is 5.57. The van der Waals surface area contributed by atoms with Crippen molar-refractivity contribution in [2.24, 2.45) is 0 Å². The smallest absolute Gasteiger partial charge is 0.325 e. The molecule has 0 saturated carbocycles. The summed E-state index contributed by atoms with van der Waals surface area (Å²) in [6, 6.07) is 4.57. The zero-order valence-corrected chi connectivity index (χ0v) is 13.4. The van der Waals surface area contributed by atoms with Crippen molar-refractivity contribution < 1.29 is 14.4 Å². The van der Waals surface area contributed by atoms with E-state index in [9.17, 15) is 14.4 Å². The van der Waals surface area contributed by atoms with Crippen molar-refractivity contribution in [3.63, 3.8) is 0 Å². The number of nitrogen functional groups attached to an aromatic ring is 1. The largest absolute Gasteiger partial charge is 0.399 e. The van der Waals surface area contributed by atoms with E-state index in [2.05, 4.69) is 10.6 Å². The Morgan fingerprint density at radius 2 is 2.00 bits per heavy atom. The number of anilines is 2. The highest BCUT2D eigenvalue weighted by Gasteiger charge is 2.44. The molecule has 1 aromatic carbocycles. The van der Waals surface area contributed by atoms with E-state index in [4.69, 9.17) is 5.73 Å². The maximum atomic E-state index is 12.0. The fraction of sp³-hybridized carbons (Fsp3) is 0.357. The lowest BCUT2D eigenvalue weighted by atomic mass is 10.1. The number of nitrogens with one attached hydrogen (secondary N) is 2. The highest BCUT2D eigenvalue weighted by molar-refractivity contribution is 6.09. The van der Waals surface area contributed by atoms with Gasteiger partial charge in [0.15, 0.2) is 0 Å². The molecule has 4 amide bonds. The van der Waals surface area contributed by atoms with Crippen LogP contribution in [0.5, 0.6) is 0 Å². The molecule has 1 saturated heterocycles. The second kappa shape index (κ2) is 6.23. The van der Waals surface area contributed by atoms with Gasteiger partial charge in [-0.15, -0.1) is 12.4 Å². The number of rotatable bonds is 3. The van der Waals surface area contributed by atoms with Gasteiger partial charge in [-0.2, -0.15) is 0 Å². The van der Waals surface area contributed by atoms with Crippen molar-refractivity contribution in [3.8, 4) is 0 Å². The predicted octanol–water partition coefficient (Wildman–Crippen LogP) is 1.27. The minimum absolute atomic E-state index is 0. The average molecular weight is 327 g/mol. The van der Waals surface area contributed by atoms with Crippen molar-refractivity contribution >= 4 is 41.6 Å². The van der Waals surface area contributed by atoms with Gasteiger partial charge in [-0.1, -0.05) is 6.07 Å². The van der Waals surface area contributed by atoms with Crippen LogP contribution in [0.25, 0.3) is 0 Å². The summed E-state index contributed by atoms with van der Waals surface area (Å²) < 4.78 is 0. The van der Waals surface area contributed by atoms with Gasteiger partial charge in [-0.3, -0.25) is 14.5 Å². The number of urea groups is 1. The first-order chi connectivity index (χ1) is 9.70. The van der Waals surface area contributed by atoms with Crippen LogP contribution in [-0.2, 0) is 9.59 Å². The molecule has 22 heavy (non-hydrogen) atoms. The third kappa shape index (κ3) is 3.48. The van der Waals surface area contributed by atoms with Crippen LogP contribution >= 0.6 is 12.4 Å².